The normalized spacial score (nSPS) is 11.7. The van der Waals surface area contributed by atoms with E-state index in [4.69, 9.17) is 9.15 Å². The van der Waals surface area contributed by atoms with Crippen molar-refractivity contribution in [1.29, 1.82) is 0 Å². The smallest absolute Gasteiger partial charge is 0.118 e. The van der Waals surface area contributed by atoms with Crippen LogP contribution < -0.4 is 5.32 Å². The molecule has 0 fully saturated rings. The molecule has 0 unspecified atom stereocenters. The summed E-state index contributed by atoms with van der Waals surface area (Å²) in [6.45, 7) is 13.7. The Bertz CT molecular complexity index is 337. The number of nitrogens with one attached hydrogen (secondary N) is 1. The van der Waals surface area contributed by atoms with Gasteiger partial charge in [0.25, 0.3) is 0 Å². The van der Waals surface area contributed by atoms with Gasteiger partial charge in [0, 0.05) is 31.3 Å². The van der Waals surface area contributed by atoms with Crippen LogP contribution in [0.2, 0.25) is 0 Å². The summed E-state index contributed by atoms with van der Waals surface area (Å²) in [5.41, 5.74) is 1.21. The van der Waals surface area contributed by atoms with Gasteiger partial charge in [-0.15, -0.1) is 0 Å². The fraction of sp³-hybridized carbons (Fsp3) is 0.733. The third kappa shape index (κ3) is 6.76. The van der Waals surface area contributed by atoms with E-state index in [0.717, 1.165) is 45.2 Å². The van der Waals surface area contributed by atoms with E-state index in [2.05, 4.69) is 37.1 Å². The van der Waals surface area contributed by atoms with Crippen molar-refractivity contribution in [3.8, 4) is 0 Å². The molecule has 0 aliphatic carbocycles. The molecule has 110 valence electrons. The average molecular weight is 268 g/mol. The highest BCUT2D eigenvalue weighted by Gasteiger charge is 2.08. The zero-order valence-electron chi connectivity index (χ0n) is 12.7. The third-order valence-electron chi connectivity index (χ3n) is 3.01. The molecule has 1 aromatic rings. The highest BCUT2D eigenvalue weighted by atomic mass is 16.5. The first-order valence-corrected chi connectivity index (χ1v) is 7.25. The van der Waals surface area contributed by atoms with Crippen LogP contribution in [-0.2, 0) is 17.8 Å². The topological polar surface area (TPSA) is 37.6 Å². The van der Waals surface area contributed by atoms with Crippen LogP contribution in [0.15, 0.2) is 16.7 Å². The van der Waals surface area contributed by atoms with Gasteiger partial charge in [0.1, 0.15) is 5.76 Å². The van der Waals surface area contributed by atoms with Crippen molar-refractivity contribution in [2.45, 2.75) is 46.8 Å². The summed E-state index contributed by atoms with van der Waals surface area (Å²) in [6.07, 6.45) is 1.85. The molecule has 0 spiro atoms. The molecule has 4 heteroatoms. The van der Waals surface area contributed by atoms with Crippen LogP contribution in [0.3, 0.4) is 0 Å². The molecule has 0 saturated heterocycles. The summed E-state index contributed by atoms with van der Waals surface area (Å²) in [4.78, 5) is 2.33. The van der Waals surface area contributed by atoms with Crippen molar-refractivity contribution in [3.05, 3.63) is 23.7 Å². The van der Waals surface area contributed by atoms with Gasteiger partial charge in [-0.2, -0.15) is 0 Å². The Labute approximate surface area is 117 Å². The lowest BCUT2D eigenvalue weighted by Crippen LogP contribution is -2.26. The van der Waals surface area contributed by atoms with E-state index in [-0.39, 0.29) is 0 Å². The maximum Gasteiger partial charge on any atom is 0.118 e. The van der Waals surface area contributed by atoms with E-state index < -0.39 is 0 Å². The molecular weight excluding hydrogens is 240 g/mol. The van der Waals surface area contributed by atoms with Crippen LogP contribution in [-0.4, -0.2) is 37.2 Å². The van der Waals surface area contributed by atoms with Gasteiger partial charge in [0.2, 0.25) is 0 Å². The highest BCUT2D eigenvalue weighted by molar-refractivity contribution is 5.12. The molecular formula is C15H28N2O2. The summed E-state index contributed by atoms with van der Waals surface area (Å²) in [5, 5.41) is 3.39. The maximum absolute atomic E-state index is 5.61. The van der Waals surface area contributed by atoms with Gasteiger partial charge in [0.05, 0.1) is 19.4 Å². The largest absolute Gasteiger partial charge is 0.468 e. The number of rotatable bonds is 10. The number of likely N-dealkylation sites (N-methyl/N-ethyl adjacent to an activating group) is 1. The minimum atomic E-state index is 0.497. The Kier molecular flexibility index (Phi) is 7.79. The van der Waals surface area contributed by atoms with Crippen LogP contribution in [0.25, 0.3) is 0 Å². The van der Waals surface area contributed by atoms with Crippen LogP contribution in [0, 0.1) is 0 Å². The van der Waals surface area contributed by atoms with Gasteiger partial charge in [0.15, 0.2) is 0 Å². The second kappa shape index (κ2) is 9.13. The van der Waals surface area contributed by atoms with Crippen molar-refractivity contribution in [1.82, 2.24) is 10.2 Å². The van der Waals surface area contributed by atoms with E-state index in [9.17, 15) is 0 Å². The first-order chi connectivity index (χ1) is 9.15. The molecule has 0 aliphatic heterocycles. The summed E-state index contributed by atoms with van der Waals surface area (Å²) in [6, 6.07) is 2.63. The van der Waals surface area contributed by atoms with Crippen molar-refractivity contribution >= 4 is 0 Å². The molecule has 1 rings (SSSR count). The number of hydrogen-bond acceptors (Lipinski definition) is 4. The Hall–Kier alpha value is -0.840. The molecule has 19 heavy (non-hydrogen) atoms. The van der Waals surface area contributed by atoms with Gasteiger partial charge >= 0.3 is 0 Å². The number of ether oxygens (including phenoxy) is 1. The lowest BCUT2D eigenvalue weighted by atomic mass is 10.2. The molecule has 0 bridgehead atoms. The Morgan fingerprint density at radius 3 is 2.79 bits per heavy atom. The second-order valence-electron chi connectivity index (χ2n) is 5.02. The van der Waals surface area contributed by atoms with Gasteiger partial charge in [-0.1, -0.05) is 20.8 Å². The minimum Gasteiger partial charge on any atom is -0.468 e. The molecule has 0 atom stereocenters. The third-order valence-corrected chi connectivity index (χ3v) is 3.01. The van der Waals surface area contributed by atoms with Crippen molar-refractivity contribution in [2.75, 3.05) is 26.3 Å². The summed E-state index contributed by atoms with van der Waals surface area (Å²) >= 11 is 0. The number of nitrogens with zero attached hydrogens (tertiary/aromatic N) is 1. The number of hydrogen-bond donors (Lipinski definition) is 1. The van der Waals surface area contributed by atoms with Crippen LogP contribution in [0.4, 0.5) is 0 Å². The van der Waals surface area contributed by atoms with Crippen molar-refractivity contribution < 1.29 is 9.15 Å². The van der Waals surface area contributed by atoms with E-state index in [0.29, 0.717) is 6.04 Å². The van der Waals surface area contributed by atoms with Crippen LogP contribution >= 0.6 is 0 Å². The highest BCUT2D eigenvalue weighted by Crippen LogP contribution is 2.10. The predicted molar refractivity (Wildman–Crippen MR) is 78.1 cm³/mol. The van der Waals surface area contributed by atoms with Gasteiger partial charge in [-0.25, -0.2) is 0 Å². The lowest BCUT2D eigenvalue weighted by Gasteiger charge is -2.18. The molecule has 0 radical (unpaired) electrons. The first kappa shape index (κ1) is 16.2. The van der Waals surface area contributed by atoms with E-state index in [1.807, 2.05) is 13.2 Å². The number of furan rings is 1. The maximum atomic E-state index is 5.61. The van der Waals surface area contributed by atoms with Crippen LogP contribution in [0.5, 0.6) is 0 Å². The van der Waals surface area contributed by atoms with Gasteiger partial charge in [-0.05, 0) is 19.5 Å². The average Bonchev–Trinajstić information content (AvgIpc) is 2.83. The monoisotopic (exact) mass is 268 g/mol. The second-order valence-corrected chi connectivity index (χ2v) is 5.02. The fourth-order valence-corrected chi connectivity index (χ4v) is 1.83. The van der Waals surface area contributed by atoms with Crippen LogP contribution in [0.1, 0.15) is 39.0 Å². The predicted octanol–water partition coefficient (Wildman–Crippen LogP) is 2.64. The summed E-state index contributed by atoms with van der Waals surface area (Å²) in [7, 11) is 0. The quantitative estimate of drug-likeness (QED) is 0.662. The van der Waals surface area contributed by atoms with Gasteiger partial charge in [-0.3, -0.25) is 4.90 Å². The fourth-order valence-electron chi connectivity index (χ4n) is 1.83. The Balaban J connectivity index is 2.37. The van der Waals surface area contributed by atoms with Crippen molar-refractivity contribution in [2.24, 2.45) is 0 Å². The Morgan fingerprint density at radius 2 is 2.16 bits per heavy atom. The van der Waals surface area contributed by atoms with E-state index in [1.54, 1.807) is 0 Å². The zero-order chi connectivity index (χ0) is 14.1. The molecule has 1 heterocycles. The SMILES string of the molecule is CCOCCN(CC)Cc1cc(CNC(C)C)co1. The Morgan fingerprint density at radius 1 is 1.37 bits per heavy atom. The van der Waals surface area contributed by atoms with E-state index in [1.165, 1.54) is 5.56 Å². The first-order valence-electron chi connectivity index (χ1n) is 7.25. The minimum absolute atomic E-state index is 0.497. The zero-order valence-corrected chi connectivity index (χ0v) is 12.7. The molecule has 0 aromatic carbocycles. The van der Waals surface area contributed by atoms with Crippen molar-refractivity contribution in [3.63, 3.8) is 0 Å². The molecule has 0 saturated carbocycles. The van der Waals surface area contributed by atoms with Gasteiger partial charge < -0.3 is 14.5 Å². The molecule has 1 N–H and O–H groups in total. The molecule has 0 aliphatic rings. The molecule has 4 nitrogen and oxygen atoms in total. The summed E-state index contributed by atoms with van der Waals surface area (Å²) < 4.78 is 11.0. The van der Waals surface area contributed by atoms with E-state index >= 15 is 0 Å². The lowest BCUT2D eigenvalue weighted by molar-refractivity contribution is 0.110. The molecule has 1 aromatic heterocycles. The summed E-state index contributed by atoms with van der Waals surface area (Å²) in [5.74, 6) is 1.03. The standard InChI is InChI=1S/C15H28N2O2/c1-5-17(7-8-18-6-2)11-15-9-14(12-19-15)10-16-13(3)4/h9,12-13,16H,5-8,10-11H2,1-4H3. The molecule has 0 amide bonds.